The van der Waals surface area contributed by atoms with E-state index in [1.807, 2.05) is 18.0 Å². The second-order valence-corrected chi connectivity index (χ2v) is 10.6. The summed E-state index contributed by atoms with van der Waals surface area (Å²) in [7, 11) is 1.99. The second-order valence-electron chi connectivity index (χ2n) is 10.6. The molecule has 0 bridgehead atoms. The van der Waals surface area contributed by atoms with E-state index in [0.29, 0.717) is 23.8 Å². The highest BCUT2D eigenvalue weighted by atomic mass is 16.3. The van der Waals surface area contributed by atoms with Gasteiger partial charge in [-0.1, -0.05) is 25.5 Å². The molecular formula is C24H36N2O2. The van der Waals surface area contributed by atoms with Gasteiger partial charge in [0, 0.05) is 23.9 Å². The molecule has 3 saturated carbocycles. The fraction of sp³-hybridized carbons (Fsp3) is 0.792. The highest BCUT2D eigenvalue weighted by Crippen LogP contribution is 2.65. The van der Waals surface area contributed by atoms with Gasteiger partial charge in [-0.15, -0.1) is 0 Å². The van der Waals surface area contributed by atoms with Gasteiger partial charge in [-0.3, -0.25) is 4.79 Å². The van der Waals surface area contributed by atoms with Gasteiger partial charge in [-0.2, -0.15) is 0 Å². The maximum atomic E-state index is 12.2. The number of likely N-dealkylation sites (N-methyl/N-ethyl adjacent to an activating group) is 1. The number of carbonyl (C=O) groups excluding carboxylic acids is 1. The van der Waals surface area contributed by atoms with Crippen LogP contribution >= 0.6 is 0 Å². The molecule has 1 amide bonds. The van der Waals surface area contributed by atoms with E-state index in [9.17, 15) is 9.90 Å². The van der Waals surface area contributed by atoms with Crippen molar-refractivity contribution in [3.05, 3.63) is 23.3 Å². The zero-order valence-corrected chi connectivity index (χ0v) is 17.7. The van der Waals surface area contributed by atoms with Gasteiger partial charge in [0.25, 0.3) is 0 Å². The van der Waals surface area contributed by atoms with Crippen molar-refractivity contribution >= 4 is 5.91 Å². The van der Waals surface area contributed by atoms with E-state index in [-0.39, 0.29) is 22.8 Å². The highest BCUT2D eigenvalue weighted by molar-refractivity contribution is 5.89. The first-order valence-electron chi connectivity index (χ1n) is 11.4. The van der Waals surface area contributed by atoms with Crippen LogP contribution in [0.5, 0.6) is 0 Å². The molecule has 0 aromatic rings. The van der Waals surface area contributed by atoms with Crippen molar-refractivity contribution in [2.75, 3.05) is 20.1 Å². The minimum absolute atomic E-state index is 0.0394. The average molecular weight is 385 g/mol. The highest BCUT2D eigenvalue weighted by Gasteiger charge is 2.61. The standard InChI is InChI=1S/C24H36N2O2/c1-23-11-7-21(27)26(3)20(23)5-4-16-18(23)6-10-24(2)19(16)14-17(22(24)28)15-8-12-25-13-9-15/h7,11,16,18-20,22,25,28H,4-6,8-10,12-14H2,1-3H3/t16-,18-,19+,20?,22?,23-,24+/m1/s1. The van der Waals surface area contributed by atoms with E-state index in [0.717, 1.165) is 45.2 Å². The van der Waals surface area contributed by atoms with Crippen LogP contribution in [0.25, 0.3) is 0 Å². The Hall–Kier alpha value is -1.13. The molecule has 4 nitrogen and oxygen atoms in total. The van der Waals surface area contributed by atoms with Crippen LogP contribution in [-0.4, -0.2) is 48.2 Å². The number of rotatable bonds is 0. The van der Waals surface area contributed by atoms with Crippen LogP contribution in [0.1, 0.15) is 58.8 Å². The van der Waals surface area contributed by atoms with Crippen LogP contribution in [0, 0.1) is 28.6 Å². The smallest absolute Gasteiger partial charge is 0.246 e. The van der Waals surface area contributed by atoms with Crippen LogP contribution in [-0.2, 0) is 4.79 Å². The molecule has 4 fully saturated rings. The zero-order valence-electron chi connectivity index (χ0n) is 17.7. The molecule has 2 heterocycles. The first-order chi connectivity index (χ1) is 13.4. The van der Waals surface area contributed by atoms with Crippen LogP contribution < -0.4 is 5.32 Å². The van der Waals surface area contributed by atoms with E-state index in [1.54, 1.807) is 5.57 Å². The summed E-state index contributed by atoms with van der Waals surface area (Å²) < 4.78 is 0. The maximum Gasteiger partial charge on any atom is 0.246 e. The number of amides is 1. The van der Waals surface area contributed by atoms with Crippen molar-refractivity contribution < 1.29 is 9.90 Å². The second kappa shape index (κ2) is 6.43. The molecule has 2 aliphatic heterocycles. The minimum atomic E-state index is -0.247. The molecule has 0 spiro atoms. The summed E-state index contributed by atoms with van der Waals surface area (Å²) in [6, 6.07) is 0.337. The number of piperidine rings is 1. The third-order valence-corrected chi connectivity index (χ3v) is 9.62. The Bertz CT molecular complexity index is 735. The van der Waals surface area contributed by atoms with Crippen molar-refractivity contribution in [2.45, 2.75) is 70.9 Å². The Morgan fingerprint density at radius 1 is 1.14 bits per heavy atom. The van der Waals surface area contributed by atoms with Crippen LogP contribution in [0.2, 0.25) is 0 Å². The van der Waals surface area contributed by atoms with Crippen molar-refractivity contribution in [1.82, 2.24) is 10.2 Å². The summed E-state index contributed by atoms with van der Waals surface area (Å²) in [5.74, 6) is 2.05. The summed E-state index contributed by atoms with van der Waals surface area (Å²) in [6.45, 7) is 6.88. The number of hydrogen-bond acceptors (Lipinski definition) is 3. The average Bonchev–Trinajstić information content (AvgIpc) is 2.97. The molecule has 2 N–H and O–H groups in total. The molecule has 28 heavy (non-hydrogen) atoms. The third-order valence-electron chi connectivity index (χ3n) is 9.62. The van der Waals surface area contributed by atoms with E-state index < -0.39 is 0 Å². The molecule has 7 atom stereocenters. The molecular weight excluding hydrogens is 348 g/mol. The first kappa shape index (κ1) is 18.9. The Kier molecular flexibility index (Phi) is 4.34. The minimum Gasteiger partial charge on any atom is -0.388 e. The largest absolute Gasteiger partial charge is 0.388 e. The summed E-state index contributed by atoms with van der Waals surface area (Å²) in [5, 5.41) is 14.9. The molecule has 0 radical (unpaired) electrons. The molecule has 5 rings (SSSR count). The van der Waals surface area contributed by atoms with Gasteiger partial charge in [-0.05, 0) is 87.4 Å². The number of nitrogens with zero attached hydrogens (tertiary/aromatic N) is 1. The van der Waals surface area contributed by atoms with Crippen molar-refractivity contribution in [1.29, 1.82) is 0 Å². The normalized spacial score (nSPS) is 48.4. The van der Waals surface area contributed by atoms with Gasteiger partial charge < -0.3 is 15.3 Å². The molecule has 3 aliphatic carbocycles. The predicted octanol–water partition coefficient (Wildman–Crippen LogP) is 3.28. The molecule has 5 aliphatic rings. The number of aliphatic hydroxyl groups is 1. The molecule has 0 aromatic heterocycles. The Morgan fingerprint density at radius 2 is 1.89 bits per heavy atom. The van der Waals surface area contributed by atoms with Crippen LogP contribution in [0.3, 0.4) is 0 Å². The number of fused-ring (bicyclic) bond motifs is 5. The molecule has 2 unspecified atom stereocenters. The quantitative estimate of drug-likeness (QED) is 0.630. The van der Waals surface area contributed by atoms with Gasteiger partial charge in [-0.25, -0.2) is 0 Å². The van der Waals surface area contributed by atoms with E-state index in [4.69, 9.17) is 0 Å². The zero-order chi connectivity index (χ0) is 19.7. The number of hydrogen-bond donors (Lipinski definition) is 2. The molecule has 0 aromatic carbocycles. The summed E-state index contributed by atoms with van der Waals surface area (Å²) in [4.78, 5) is 14.2. The van der Waals surface area contributed by atoms with Crippen molar-refractivity contribution in [2.24, 2.45) is 28.6 Å². The lowest BCUT2D eigenvalue weighted by molar-refractivity contribution is -0.140. The van der Waals surface area contributed by atoms with Gasteiger partial charge in [0.1, 0.15) is 0 Å². The Labute approximate surface area is 169 Å². The van der Waals surface area contributed by atoms with Crippen molar-refractivity contribution in [3.8, 4) is 0 Å². The first-order valence-corrected chi connectivity index (χ1v) is 11.4. The van der Waals surface area contributed by atoms with E-state index >= 15 is 0 Å². The lowest BCUT2D eigenvalue weighted by atomic mass is 9.48. The van der Waals surface area contributed by atoms with E-state index in [2.05, 4.69) is 25.2 Å². The SMILES string of the molecule is CN1C(=O)C=C[C@@]2(C)C1CC[C@@H]1[C@H]2CC[C@]2(C)C(O)C(=C3CCNCC3)C[C@@H]12. The Morgan fingerprint density at radius 3 is 2.64 bits per heavy atom. The van der Waals surface area contributed by atoms with Crippen LogP contribution in [0.4, 0.5) is 0 Å². The number of aliphatic hydroxyl groups excluding tert-OH is 1. The van der Waals surface area contributed by atoms with Gasteiger partial charge >= 0.3 is 0 Å². The lowest BCUT2D eigenvalue weighted by Crippen LogP contribution is -2.59. The monoisotopic (exact) mass is 384 g/mol. The maximum absolute atomic E-state index is 12.2. The summed E-state index contributed by atoms with van der Waals surface area (Å²) in [5.41, 5.74) is 3.06. The lowest BCUT2D eigenvalue weighted by Gasteiger charge is -2.59. The fourth-order valence-corrected chi connectivity index (χ4v) is 7.94. The van der Waals surface area contributed by atoms with Crippen LogP contribution in [0.15, 0.2) is 23.3 Å². The van der Waals surface area contributed by atoms with Gasteiger partial charge in [0.2, 0.25) is 5.91 Å². The van der Waals surface area contributed by atoms with E-state index in [1.165, 1.54) is 18.4 Å². The molecule has 154 valence electrons. The third kappa shape index (κ3) is 2.46. The van der Waals surface area contributed by atoms with Gasteiger partial charge in [0.15, 0.2) is 0 Å². The number of nitrogens with one attached hydrogen (secondary N) is 1. The fourth-order valence-electron chi connectivity index (χ4n) is 7.94. The van der Waals surface area contributed by atoms with Gasteiger partial charge in [0.05, 0.1) is 6.10 Å². The summed E-state index contributed by atoms with van der Waals surface area (Å²) in [6.07, 6.45) is 11.7. The molecule has 4 heteroatoms. The topological polar surface area (TPSA) is 52.6 Å². The Balaban J connectivity index is 1.49. The summed E-state index contributed by atoms with van der Waals surface area (Å²) >= 11 is 0. The molecule has 1 saturated heterocycles. The predicted molar refractivity (Wildman–Crippen MR) is 111 cm³/mol. The number of carbonyl (C=O) groups is 1. The van der Waals surface area contributed by atoms with Crippen molar-refractivity contribution in [3.63, 3.8) is 0 Å².